The van der Waals surface area contributed by atoms with Gasteiger partial charge in [-0.25, -0.2) is 13.1 Å². The third-order valence-corrected chi connectivity index (χ3v) is 3.65. The fraction of sp³-hybridized carbons (Fsp3) is 0.300. The third kappa shape index (κ3) is 1.52. The minimum Gasteiger partial charge on any atom is -0.236 e. The molecule has 0 unspecified atom stereocenters. The lowest BCUT2D eigenvalue weighted by Gasteiger charge is -2.03. The lowest BCUT2D eigenvalue weighted by atomic mass is 10.3. The van der Waals surface area contributed by atoms with Crippen molar-refractivity contribution >= 4 is 15.5 Å². The number of aromatic nitrogens is 2. The van der Waals surface area contributed by atoms with Gasteiger partial charge in [0.25, 0.3) is 0 Å². The maximum Gasteiger partial charge on any atom is 0.195 e. The van der Waals surface area contributed by atoms with Crippen molar-refractivity contribution < 1.29 is 8.42 Å². The number of sulfone groups is 1. The quantitative estimate of drug-likeness (QED) is 0.756. The molecule has 0 atom stereocenters. The normalized spacial score (nSPS) is 23.1. The molecule has 1 aromatic heterocycles. The molecule has 2 aliphatic rings. The molecule has 3 rings (SSSR count). The molecule has 0 bridgehead atoms. The van der Waals surface area contributed by atoms with Gasteiger partial charge in [0.2, 0.25) is 0 Å². The Kier molecular flexibility index (Phi) is 1.68. The van der Waals surface area contributed by atoms with Gasteiger partial charge in [-0.2, -0.15) is 5.10 Å². The van der Waals surface area contributed by atoms with E-state index in [2.05, 4.69) is 11.3 Å². The SMILES string of the molecule is O=S1(=O)C=CC(n2n[c]cc2C2CC2)=C1. The zero-order valence-electron chi connectivity index (χ0n) is 7.92. The molecule has 1 radical (unpaired) electrons. The van der Waals surface area contributed by atoms with Gasteiger partial charge < -0.3 is 0 Å². The van der Waals surface area contributed by atoms with Crippen molar-refractivity contribution in [2.24, 2.45) is 0 Å². The molecule has 0 aromatic carbocycles. The second-order valence-electron chi connectivity index (χ2n) is 3.82. The summed E-state index contributed by atoms with van der Waals surface area (Å²) in [7, 11) is -3.16. The highest BCUT2D eigenvalue weighted by molar-refractivity contribution is 7.97. The van der Waals surface area contributed by atoms with Crippen molar-refractivity contribution in [1.29, 1.82) is 0 Å². The molecule has 0 N–H and O–H groups in total. The summed E-state index contributed by atoms with van der Waals surface area (Å²) >= 11 is 0. The van der Waals surface area contributed by atoms with Gasteiger partial charge in [0.05, 0.1) is 11.1 Å². The Morgan fingerprint density at radius 3 is 2.87 bits per heavy atom. The predicted octanol–water partition coefficient (Wildman–Crippen LogP) is 1.30. The second-order valence-corrected chi connectivity index (χ2v) is 5.50. The van der Waals surface area contributed by atoms with Crippen LogP contribution in [0, 0.1) is 6.20 Å². The van der Waals surface area contributed by atoms with Crippen LogP contribution in [0.15, 0.2) is 23.0 Å². The molecule has 5 heteroatoms. The van der Waals surface area contributed by atoms with Crippen molar-refractivity contribution in [3.05, 3.63) is 34.8 Å². The van der Waals surface area contributed by atoms with E-state index in [1.54, 1.807) is 10.8 Å². The second kappa shape index (κ2) is 2.82. The first-order valence-electron chi connectivity index (χ1n) is 4.77. The number of rotatable bonds is 2. The van der Waals surface area contributed by atoms with Crippen molar-refractivity contribution in [1.82, 2.24) is 9.78 Å². The number of allylic oxidation sites excluding steroid dienone is 2. The average Bonchev–Trinajstić information content (AvgIpc) is 2.79. The lowest BCUT2D eigenvalue weighted by Crippen LogP contribution is -2.00. The number of nitrogens with zero attached hydrogens (tertiary/aromatic N) is 2. The monoisotopic (exact) mass is 221 g/mol. The molecule has 15 heavy (non-hydrogen) atoms. The molecule has 1 fully saturated rings. The van der Waals surface area contributed by atoms with Crippen molar-refractivity contribution in [2.75, 3.05) is 0 Å². The average molecular weight is 221 g/mol. The molecule has 1 aliphatic carbocycles. The smallest absolute Gasteiger partial charge is 0.195 e. The minimum absolute atomic E-state index is 0.529. The zero-order valence-corrected chi connectivity index (χ0v) is 8.74. The van der Waals surface area contributed by atoms with Gasteiger partial charge in [-0.1, -0.05) is 0 Å². The van der Waals surface area contributed by atoms with Crippen molar-refractivity contribution in [3.8, 4) is 0 Å². The molecule has 1 aliphatic heterocycles. The van der Waals surface area contributed by atoms with E-state index in [0.29, 0.717) is 11.6 Å². The van der Waals surface area contributed by atoms with Crippen LogP contribution in [-0.2, 0) is 9.84 Å². The maximum absolute atomic E-state index is 11.2. The Bertz CT molecular complexity index is 562. The fourth-order valence-corrected chi connectivity index (χ4v) is 2.60. The number of hydrogen-bond donors (Lipinski definition) is 0. The first-order valence-corrected chi connectivity index (χ1v) is 6.38. The van der Waals surface area contributed by atoms with Crippen LogP contribution < -0.4 is 0 Å². The standard InChI is InChI=1S/C10H9N2O2S/c13-15(14)6-4-9(7-15)12-10(3-5-11-12)8-1-2-8/h3-4,6-8H,1-2H2. The van der Waals surface area contributed by atoms with Crippen molar-refractivity contribution in [3.63, 3.8) is 0 Å². The highest BCUT2D eigenvalue weighted by Crippen LogP contribution is 2.40. The summed E-state index contributed by atoms with van der Waals surface area (Å²) < 4.78 is 24.1. The number of hydrogen-bond acceptors (Lipinski definition) is 3. The van der Waals surface area contributed by atoms with Gasteiger partial charge in [-0.15, -0.1) is 0 Å². The van der Waals surface area contributed by atoms with E-state index in [1.165, 1.54) is 10.8 Å². The van der Waals surface area contributed by atoms with E-state index in [0.717, 1.165) is 18.5 Å². The van der Waals surface area contributed by atoms with Crippen LogP contribution in [0.2, 0.25) is 0 Å². The van der Waals surface area contributed by atoms with Gasteiger partial charge in [-0.3, -0.25) is 0 Å². The van der Waals surface area contributed by atoms with E-state index in [1.807, 2.05) is 6.07 Å². The Hall–Kier alpha value is -1.36. The maximum atomic E-state index is 11.2. The fourth-order valence-electron chi connectivity index (χ4n) is 1.68. The van der Waals surface area contributed by atoms with Crippen LogP contribution in [0.25, 0.3) is 5.70 Å². The van der Waals surface area contributed by atoms with Gasteiger partial charge in [0.1, 0.15) is 6.20 Å². The van der Waals surface area contributed by atoms with Crippen LogP contribution >= 0.6 is 0 Å². The van der Waals surface area contributed by atoms with E-state index in [4.69, 9.17) is 0 Å². The Labute approximate surface area is 87.8 Å². The summed E-state index contributed by atoms with van der Waals surface area (Å²) in [5, 5.41) is 6.46. The van der Waals surface area contributed by atoms with Crippen LogP contribution in [-0.4, -0.2) is 18.2 Å². The molecular weight excluding hydrogens is 212 g/mol. The molecular formula is C10H9N2O2S. The molecule has 0 saturated heterocycles. The summed E-state index contributed by atoms with van der Waals surface area (Å²) in [6, 6.07) is 1.83. The molecule has 4 nitrogen and oxygen atoms in total. The largest absolute Gasteiger partial charge is 0.236 e. The molecule has 0 amide bonds. The first-order chi connectivity index (χ1) is 7.16. The summed E-state index contributed by atoms with van der Waals surface area (Å²) in [6.45, 7) is 0. The third-order valence-electron chi connectivity index (χ3n) is 2.57. The highest BCUT2D eigenvalue weighted by atomic mass is 32.2. The zero-order chi connectivity index (χ0) is 10.5. The topological polar surface area (TPSA) is 52.0 Å². The first kappa shape index (κ1) is 8.91. The molecule has 2 heterocycles. The van der Waals surface area contributed by atoms with Crippen molar-refractivity contribution in [2.45, 2.75) is 18.8 Å². The minimum atomic E-state index is -3.16. The Morgan fingerprint density at radius 1 is 1.47 bits per heavy atom. The van der Waals surface area contributed by atoms with E-state index in [-0.39, 0.29) is 0 Å². The Balaban J connectivity index is 2.07. The van der Waals surface area contributed by atoms with E-state index in [9.17, 15) is 8.42 Å². The van der Waals surface area contributed by atoms with E-state index < -0.39 is 9.84 Å². The Morgan fingerprint density at radius 2 is 2.27 bits per heavy atom. The van der Waals surface area contributed by atoms with Gasteiger partial charge in [-0.05, 0) is 25.0 Å². The summed E-state index contributed by atoms with van der Waals surface area (Å²) in [6.07, 6.45) is 6.65. The molecule has 0 spiro atoms. The van der Waals surface area contributed by atoms with Crippen LogP contribution in [0.3, 0.4) is 0 Å². The molecule has 77 valence electrons. The lowest BCUT2D eigenvalue weighted by molar-refractivity contribution is 0.613. The summed E-state index contributed by atoms with van der Waals surface area (Å²) in [5.74, 6) is 0.529. The molecule has 1 saturated carbocycles. The highest BCUT2D eigenvalue weighted by Gasteiger charge is 2.28. The van der Waals surface area contributed by atoms with Gasteiger partial charge >= 0.3 is 0 Å². The van der Waals surface area contributed by atoms with Crippen LogP contribution in [0.1, 0.15) is 24.5 Å². The van der Waals surface area contributed by atoms with Gasteiger partial charge in [0, 0.05) is 17.0 Å². The van der Waals surface area contributed by atoms with Crippen LogP contribution in [0.4, 0.5) is 0 Å². The molecule has 1 aromatic rings. The van der Waals surface area contributed by atoms with Gasteiger partial charge in [0.15, 0.2) is 9.84 Å². The summed E-state index contributed by atoms with van der Waals surface area (Å²) in [5.41, 5.74) is 1.67. The predicted molar refractivity (Wildman–Crippen MR) is 55.4 cm³/mol. The van der Waals surface area contributed by atoms with E-state index >= 15 is 0 Å². The van der Waals surface area contributed by atoms with Crippen LogP contribution in [0.5, 0.6) is 0 Å². The summed E-state index contributed by atoms with van der Waals surface area (Å²) in [4.78, 5) is 0.